The number of nitrogens with zero attached hydrogens (tertiary/aromatic N) is 4. The Labute approximate surface area is 630 Å². The average Bonchev–Trinajstić information content (AvgIpc) is 1.07. The van der Waals surface area contributed by atoms with Crippen LogP contribution in [0.25, 0.3) is 0 Å². The number of carbonyl (C=O) groups is 5. The number of carbonyl (C=O) groups excluding carboxylic acids is 5. The normalized spacial score (nSPS) is 18.4. The van der Waals surface area contributed by atoms with E-state index in [1.165, 1.54) is 78.9 Å². The van der Waals surface area contributed by atoms with E-state index in [2.05, 4.69) is 0 Å². The highest BCUT2D eigenvalue weighted by Gasteiger charge is 2.48. The first kappa shape index (κ1) is 83.8. The van der Waals surface area contributed by atoms with Crippen molar-refractivity contribution in [3.63, 3.8) is 0 Å². The van der Waals surface area contributed by atoms with Crippen LogP contribution in [0.4, 0.5) is 26.3 Å². The molecule has 4 aliphatic rings. The fourth-order valence-corrected chi connectivity index (χ4v) is 13.7. The molecule has 4 fully saturated rings. The minimum absolute atomic E-state index is 0.0205. The minimum Gasteiger partial charge on any atom is -0.497 e. The van der Waals surface area contributed by atoms with E-state index in [-0.39, 0.29) is 76.1 Å². The van der Waals surface area contributed by atoms with Gasteiger partial charge in [0.1, 0.15) is 35.2 Å². The van der Waals surface area contributed by atoms with E-state index in [0.29, 0.717) is 76.9 Å². The van der Waals surface area contributed by atoms with E-state index in [1.54, 1.807) is 96.6 Å². The Morgan fingerprint density at radius 1 is 0.454 bits per heavy atom. The lowest BCUT2D eigenvalue weighted by molar-refractivity contribution is -0.139. The van der Waals surface area contributed by atoms with Gasteiger partial charge in [-0.05, 0) is 121 Å². The fourth-order valence-electron chi connectivity index (χ4n) is 12.5. The highest BCUT2D eigenvalue weighted by Crippen LogP contribution is 2.43. The van der Waals surface area contributed by atoms with Crippen molar-refractivity contribution in [3.8, 4) is 23.0 Å². The summed E-state index contributed by atoms with van der Waals surface area (Å²) < 4.78 is 116. The minimum atomic E-state index is -3.60. The van der Waals surface area contributed by atoms with Gasteiger partial charge in [0.15, 0.2) is 8.32 Å². The maximum Gasteiger partial charge on any atom is 0.334 e. The van der Waals surface area contributed by atoms with Crippen LogP contribution in [0.1, 0.15) is 111 Å². The number of likely N-dealkylation sites (tertiary alicyclic amines) is 4. The molecule has 576 valence electrons. The van der Waals surface area contributed by atoms with Gasteiger partial charge in [-0.15, -0.1) is 0 Å². The second kappa shape index (κ2) is 38.3. The lowest BCUT2D eigenvalue weighted by Crippen LogP contribution is -2.48. The third kappa shape index (κ3) is 22.4. The third-order valence-electron chi connectivity index (χ3n) is 20.0. The molecule has 6 atom stereocenters. The molecule has 7 aromatic carbocycles. The largest absolute Gasteiger partial charge is 0.497 e. The molecule has 0 saturated carbocycles. The molecule has 4 aliphatic heterocycles. The summed E-state index contributed by atoms with van der Waals surface area (Å²) in [5.41, 5.74) is 3.17. The van der Waals surface area contributed by atoms with Gasteiger partial charge in [0.2, 0.25) is 29.4 Å². The summed E-state index contributed by atoms with van der Waals surface area (Å²) in [6.45, 7) is 11.8. The Hall–Kier alpha value is -9.81. The quantitative estimate of drug-likeness (QED) is 0.0215. The summed E-state index contributed by atoms with van der Waals surface area (Å²) in [4.78, 5) is 67.6. The number of ether oxygens (including phenoxy) is 4. The van der Waals surface area contributed by atoms with Crippen molar-refractivity contribution in [2.75, 3.05) is 35.0 Å². The topological polar surface area (TPSA) is 185 Å². The Bertz CT molecular complexity index is 4130. The van der Waals surface area contributed by atoms with Crippen LogP contribution in [-0.2, 0) is 72.3 Å². The van der Waals surface area contributed by atoms with Crippen LogP contribution < -0.4 is 18.9 Å². The standard InChI is InChI=1S/C28H37F2NO3Si.C22H23F2NO3.C22H21F2NO3.C13H17NO3/c1-27(2,3)35(5,6)34-25(28(29,30)22-10-8-7-9-11-22)18-14-23-15-19-26(32)31(23)20-21-12-16-24(33-4)17-13-21;2*1-28-19-11-7-16(8-12-19)15-25-18(10-14-21(25)27)9-13-20(26)22(23,24)17-5-3-2-4-6-17;1-17-12-5-2-10(3-6-12)8-14-11(9-15)4-7-13(14)16/h7-14,16-18,23,25H,15,19-20H2,1-6H3;2-9,11-13,18,20,26H,10,14-15H2,1H3;2-9,11-13,18H,10,14-15H2,1H3;2-3,5-6,11,15H,4,7-9H2,1H3/b18-14+;2*13-9+;/t23-,25?;18-,20?;18-;11-/m0001/s1. The fraction of sp³-hybridized carbons (Fsp3) is 0.376. The second-order valence-corrected chi connectivity index (χ2v) is 33.1. The highest BCUT2D eigenvalue weighted by atomic mass is 28.4. The molecule has 4 amide bonds. The molecule has 7 aromatic rings. The second-order valence-electron chi connectivity index (χ2n) is 28.3. The lowest BCUT2D eigenvalue weighted by atomic mass is 10.0. The van der Waals surface area contributed by atoms with E-state index in [9.17, 15) is 51.7 Å². The van der Waals surface area contributed by atoms with Crippen LogP contribution in [0, 0.1) is 0 Å². The molecular weight excluding hydrogens is 1410 g/mol. The number of rotatable bonds is 27. The molecule has 0 spiro atoms. The van der Waals surface area contributed by atoms with Crippen molar-refractivity contribution >= 4 is 37.7 Å². The van der Waals surface area contributed by atoms with Crippen LogP contribution in [0.3, 0.4) is 0 Å². The number of aliphatic hydroxyl groups is 2. The highest BCUT2D eigenvalue weighted by molar-refractivity contribution is 6.74. The maximum atomic E-state index is 15.8. The maximum absolute atomic E-state index is 15.8. The van der Waals surface area contributed by atoms with E-state index >= 15 is 8.78 Å². The molecule has 16 nitrogen and oxygen atoms in total. The lowest BCUT2D eigenvalue weighted by Gasteiger charge is -2.40. The summed E-state index contributed by atoms with van der Waals surface area (Å²) >= 11 is 0. The summed E-state index contributed by atoms with van der Waals surface area (Å²) in [6.07, 6.45) is 8.75. The number of methoxy groups -OCH3 is 4. The van der Waals surface area contributed by atoms with Gasteiger partial charge in [-0.1, -0.05) is 191 Å². The van der Waals surface area contributed by atoms with Gasteiger partial charge in [0.25, 0.3) is 0 Å². The van der Waals surface area contributed by atoms with Crippen molar-refractivity contribution in [1.82, 2.24) is 19.6 Å². The van der Waals surface area contributed by atoms with E-state index < -0.39 is 44.1 Å². The number of hydrogen-bond acceptors (Lipinski definition) is 12. The first-order valence-electron chi connectivity index (χ1n) is 36.0. The molecule has 0 radical (unpaired) electrons. The number of ketones is 1. The monoisotopic (exact) mass is 1510 g/mol. The van der Waals surface area contributed by atoms with Gasteiger partial charge in [0.05, 0.1) is 59.2 Å². The van der Waals surface area contributed by atoms with Crippen molar-refractivity contribution in [1.29, 1.82) is 0 Å². The van der Waals surface area contributed by atoms with Crippen LogP contribution in [0.15, 0.2) is 225 Å². The average molecular weight is 1510 g/mol. The predicted octanol–water partition coefficient (Wildman–Crippen LogP) is 16.1. The van der Waals surface area contributed by atoms with Gasteiger partial charge in [-0.3, -0.25) is 24.0 Å². The third-order valence-corrected chi connectivity index (χ3v) is 24.5. The van der Waals surface area contributed by atoms with Crippen molar-refractivity contribution in [3.05, 3.63) is 263 Å². The molecule has 2 unspecified atom stereocenters. The van der Waals surface area contributed by atoms with Crippen molar-refractivity contribution in [2.24, 2.45) is 0 Å². The summed E-state index contributed by atoms with van der Waals surface area (Å²) in [5.74, 6) is -8.47. The number of hydrogen-bond donors (Lipinski definition) is 2. The molecule has 4 heterocycles. The molecular formula is C85H98F6N4O12Si. The summed E-state index contributed by atoms with van der Waals surface area (Å²) in [6, 6.07) is 50.9. The molecule has 2 N–H and O–H groups in total. The van der Waals surface area contributed by atoms with Crippen LogP contribution in [0.2, 0.25) is 18.1 Å². The van der Waals surface area contributed by atoms with Gasteiger partial charge >= 0.3 is 17.8 Å². The van der Waals surface area contributed by atoms with E-state index in [1.807, 2.05) is 119 Å². The van der Waals surface area contributed by atoms with Crippen LogP contribution in [0.5, 0.6) is 23.0 Å². The zero-order valence-electron chi connectivity index (χ0n) is 62.6. The number of halogens is 6. The molecule has 108 heavy (non-hydrogen) atoms. The number of benzene rings is 7. The Morgan fingerprint density at radius 3 is 1.12 bits per heavy atom. The smallest absolute Gasteiger partial charge is 0.334 e. The first-order valence-corrected chi connectivity index (χ1v) is 38.9. The van der Waals surface area contributed by atoms with Gasteiger partial charge in [0, 0.05) is 68.6 Å². The van der Waals surface area contributed by atoms with E-state index in [4.69, 9.17) is 23.4 Å². The SMILES string of the molecule is COc1ccc(CN2C(=O)CC[C@@H]2/C=C/C(=O)C(F)(F)c2ccccc2)cc1.COc1ccc(CN2C(=O)CC[C@@H]2/C=C/C(O)C(F)(F)c2ccccc2)cc1.COc1ccc(CN2C(=O)CC[C@@H]2/C=C/C(O[Si](C)(C)C(C)(C)C)C(F)(F)c2ccccc2)cc1.COc1ccc(CN2C(=O)CC[C@@H]2CO)cc1. The van der Waals surface area contributed by atoms with E-state index in [0.717, 1.165) is 58.1 Å². The molecule has 0 aromatic heterocycles. The molecule has 4 saturated heterocycles. The number of amides is 4. The number of alkyl halides is 6. The number of aliphatic hydroxyl groups excluding tert-OH is 2. The Balaban J connectivity index is 0.000000186. The first-order chi connectivity index (χ1) is 51.4. The molecule has 0 aliphatic carbocycles. The zero-order chi connectivity index (χ0) is 78.4. The van der Waals surface area contributed by atoms with Crippen LogP contribution in [-0.4, -0.2) is 139 Å². The van der Waals surface area contributed by atoms with Gasteiger partial charge < -0.3 is 53.2 Å². The predicted molar refractivity (Wildman–Crippen MR) is 405 cm³/mol. The van der Waals surface area contributed by atoms with Crippen LogP contribution >= 0.6 is 0 Å². The Morgan fingerprint density at radius 2 is 0.769 bits per heavy atom. The molecule has 23 heteroatoms. The van der Waals surface area contributed by atoms with Crippen molar-refractivity contribution in [2.45, 2.75) is 171 Å². The van der Waals surface area contributed by atoms with Gasteiger partial charge in [-0.2, -0.15) is 26.3 Å². The molecule has 11 rings (SSSR count). The summed E-state index contributed by atoms with van der Waals surface area (Å²) in [5, 5.41) is 19.0. The summed E-state index contributed by atoms with van der Waals surface area (Å²) in [7, 11) is 3.87. The van der Waals surface area contributed by atoms with Gasteiger partial charge in [-0.25, -0.2) is 0 Å². The number of allylic oxidation sites excluding steroid dienone is 1. The molecule has 0 bridgehead atoms. The Kier molecular flexibility index (Phi) is 29.7. The zero-order valence-corrected chi connectivity index (χ0v) is 63.6. The van der Waals surface area contributed by atoms with Crippen molar-refractivity contribution < 1.29 is 83.9 Å².